The molecule has 1 fully saturated rings. The van der Waals surface area contributed by atoms with Crippen molar-refractivity contribution in [3.05, 3.63) is 5.89 Å². The summed E-state index contributed by atoms with van der Waals surface area (Å²) < 4.78 is 5.13. The summed E-state index contributed by atoms with van der Waals surface area (Å²) in [6.45, 7) is 1.87. The molecule has 0 unspecified atom stereocenters. The van der Waals surface area contributed by atoms with Crippen LogP contribution in [0.4, 0.5) is 6.01 Å². The minimum absolute atomic E-state index is 0.0651. The number of alkyl halides is 1. The number of aromatic nitrogens is 2. The summed E-state index contributed by atoms with van der Waals surface area (Å²) in [7, 11) is 0. The van der Waals surface area contributed by atoms with Gasteiger partial charge >= 0.3 is 6.01 Å². The number of nitrogens with zero attached hydrogens (tertiary/aromatic N) is 3. The van der Waals surface area contributed by atoms with Crippen LogP contribution < -0.4 is 5.32 Å². The molecule has 94 valence electrons. The lowest BCUT2D eigenvalue weighted by atomic mass is 10.1. The number of nitrogens with one attached hydrogen (secondary N) is 1. The van der Waals surface area contributed by atoms with Gasteiger partial charge in [0.25, 0.3) is 0 Å². The van der Waals surface area contributed by atoms with Crippen molar-refractivity contribution in [2.75, 3.05) is 25.0 Å². The number of rotatable bonds is 4. The predicted molar refractivity (Wildman–Crippen MR) is 62.8 cm³/mol. The molecule has 0 aliphatic carbocycles. The highest BCUT2D eigenvalue weighted by molar-refractivity contribution is 6.16. The second-order valence-electron chi connectivity index (χ2n) is 3.93. The number of anilines is 1. The Hall–Kier alpha value is -1.30. The number of likely N-dealkylation sites (tertiary alicyclic amines) is 1. The second kappa shape index (κ2) is 5.86. The van der Waals surface area contributed by atoms with E-state index in [0.717, 1.165) is 25.9 Å². The monoisotopic (exact) mass is 258 g/mol. The Morgan fingerprint density at radius 1 is 1.35 bits per heavy atom. The first-order valence-corrected chi connectivity index (χ1v) is 6.23. The molecule has 0 spiro atoms. The van der Waals surface area contributed by atoms with Crippen molar-refractivity contribution in [1.29, 1.82) is 0 Å². The summed E-state index contributed by atoms with van der Waals surface area (Å²) in [6.07, 6.45) is 3.38. The lowest BCUT2D eigenvalue weighted by molar-refractivity contribution is -0.130. The smallest absolute Gasteiger partial charge is 0.315 e. The Bertz CT molecular complexity index is 376. The van der Waals surface area contributed by atoms with Crippen LogP contribution in [0, 0.1) is 0 Å². The van der Waals surface area contributed by atoms with Crippen molar-refractivity contribution in [3.63, 3.8) is 0 Å². The summed E-state index contributed by atoms with van der Waals surface area (Å²) in [6, 6.07) is 0.242. The molecule has 17 heavy (non-hydrogen) atoms. The third-order valence-electron chi connectivity index (χ3n) is 2.68. The summed E-state index contributed by atoms with van der Waals surface area (Å²) >= 11 is 5.53. The van der Waals surface area contributed by atoms with Crippen LogP contribution in [0.2, 0.25) is 0 Å². The number of amides is 1. The molecule has 2 heterocycles. The molecule has 0 bridgehead atoms. The van der Waals surface area contributed by atoms with Crippen LogP contribution >= 0.6 is 11.6 Å². The molecule has 1 amide bonds. The van der Waals surface area contributed by atoms with E-state index in [1.807, 2.05) is 4.90 Å². The van der Waals surface area contributed by atoms with E-state index in [9.17, 15) is 4.79 Å². The third kappa shape index (κ3) is 3.33. The molecule has 1 saturated heterocycles. The van der Waals surface area contributed by atoms with Crippen molar-refractivity contribution in [1.82, 2.24) is 15.1 Å². The van der Waals surface area contributed by atoms with Gasteiger partial charge in [0.15, 0.2) is 0 Å². The first kappa shape index (κ1) is 12.2. The standard InChI is InChI=1S/C10H15ClN4O2/c11-6-8-13-14-10(17-8)12-7-9(16)15-4-2-1-3-5-15/h1-7H2,(H,12,14). The van der Waals surface area contributed by atoms with Gasteiger partial charge < -0.3 is 14.6 Å². The van der Waals surface area contributed by atoms with Gasteiger partial charge in [0, 0.05) is 13.1 Å². The minimum atomic E-state index is 0.0651. The van der Waals surface area contributed by atoms with Crippen LogP contribution in [0.3, 0.4) is 0 Å². The van der Waals surface area contributed by atoms with Gasteiger partial charge in [-0.05, 0) is 19.3 Å². The average Bonchev–Trinajstić information content (AvgIpc) is 2.85. The van der Waals surface area contributed by atoms with Gasteiger partial charge in [0.05, 0.1) is 6.54 Å². The maximum atomic E-state index is 11.8. The highest BCUT2D eigenvalue weighted by atomic mass is 35.5. The van der Waals surface area contributed by atoms with Crippen LogP contribution in [0.5, 0.6) is 0 Å². The minimum Gasteiger partial charge on any atom is -0.407 e. The Kier molecular flexibility index (Phi) is 4.19. The normalized spacial score (nSPS) is 15.9. The molecule has 1 aromatic rings. The van der Waals surface area contributed by atoms with Crippen molar-refractivity contribution in [2.24, 2.45) is 0 Å². The third-order valence-corrected chi connectivity index (χ3v) is 2.91. The van der Waals surface area contributed by atoms with Crippen molar-refractivity contribution >= 4 is 23.5 Å². The maximum Gasteiger partial charge on any atom is 0.315 e. The number of hydrogen-bond donors (Lipinski definition) is 1. The van der Waals surface area contributed by atoms with Crippen LogP contribution in [-0.2, 0) is 10.7 Å². The van der Waals surface area contributed by atoms with Crippen LogP contribution in [0.1, 0.15) is 25.2 Å². The molecule has 0 aromatic carbocycles. The molecule has 0 saturated carbocycles. The fourth-order valence-electron chi connectivity index (χ4n) is 1.79. The zero-order chi connectivity index (χ0) is 12.1. The average molecular weight is 259 g/mol. The topological polar surface area (TPSA) is 71.3 Å². The molecule has 2 rings (SSSR count). The number of halogens is 1. The van der Waals surface area contributed by atoms with Crippen LogP contribution in [0.25, 0.3) is 0 Å². The van der Waals surface area contributed by atoms with Crippen molar-refractivity contribution in [2.45, 2.75) is 25.1 Å². The zero-order valence-corrected chi connectivity index (χ0v) is 10.2. The molecule has 7 heteroatoms. The molecule has 0 atom stereocenters. The Labute approximate surface area is 104 Å². The lowest BCUT2D eigenvalue weighted by Crippen LogP contribution is -2.39. The fraction of sp³-hybridized carbons (Fsp3) is 0.700. The van der Waals surface area contributed by atoms with Gasteiger partial charge in [-0.25, -0.2) is 0 Å². The van der Waals surface area contributed by atoms with E-state index in [4.69, 9.17) is 16.0 Å². The largest absolute Gasteiger partial charge is 0.407 e. The zero-order valence-electron chi connectivity index (χ0n) is 9.49. The number of piperidine rings is 1. The quantitative estimate of drug-likeness (QED) is 0.823. The molecule has 1 aliphatic rings. The molecule has 1 N–H and O–H groups in total. The Balaban J connectivity index is 1.78. The van der Waals surface area contributed by atoms with Gasteiger partial charge in [0.2, 0.25) is 11.8 Å². The molecule has 0 radical (unpaired) electrons. The first-order chi connectivity index (χ1) is 8.29. The lowest BCUT2D eigenvalue weighted by Gasteiger charge is -2.26. The number of carbonyl (C=O) groups excluding carboxylic acids is 1. The number of hydrogen-bond acceptors (Lipinski definition) is 5. The Morgan fingerprint density at radius 3 is 2.76 bits per heavy atom. The van der Waals surface area contributed by atoms with E-state index >= 15 is 0 Å². The molecule has 1 aliphatic heterocycles. The second-order valence-corrected chi connectivity index (χ2v) is 4.20. The van der Waals surface area contributed by atoms with E-state index in [0.29, 0.717) is 5.89 Å². The Morgan fingerprint density at radius 2 is 2.12 bits per heavy atom. The highest BCUT2D eigenvalue weighted by Gasteiger charge is 2.16. The van der Waals surface area contributed by atoms with Gasteiger partial charge in [-0.15, -0.1) is 16.7 Å². The van der Waals surface area contributed by atoms with Gasteiger partial charge in [-0.3, -0.25) is 4.79 Å². The van der Waals surface area contributed by atoms with E-state index in [1.165, 1.54) is 6.42 Å². The van der Waals surface area contributed by atoms with Crippen LogP contribution in [-0.4, -0.2) is 40.6 Å². The van der Waals surface area contributed by atoms with E-state index in [2.05, 4.69) is 15.5 Å². The summed E-state index contributed by atoms with van der Waals surface area (Å²) in [5.41, 5.74) is 0. The predicted octanol–water partition coefficient (Wildman–Crippen LogP) is 1.23. The van der Waals surface area contributed by atoms with Gasteiger partial charge in [0.1, 0.15) is 5.88 Å². The van der Waals surface area contributed by atoms with E-state index in [-0.39, 0.29) is 24.3 Å². The van der Waals surface area contributed by atoms with Gasteiger partial charge in [-0.2, -0.15) is 0 Å². The highest BCUT2D eigenvalue weighted by Crippen LogP contribution is 2.10. The van der Waals surface area contributed by atoms with Crippen molar-refractivity contribution < 1.29 is 9.21 Å². The summed E-state index contributed by atoms with van der Waals surface area (Å²) in [4.78, 5) is 13.7. The molecular weight excluding hydrogens is 244 g/mol. The summed E-state index contributed by atoms with van der Waals surface area (Å²) in [5.74, 6) is 0.587. The molecular formula is C10H15ClN4O2. The van der Waals surface area contributed by atoms with Gasteiger partial charge in [-0.1, -0.05) is 5.10 Å². The maximum absolute atomic E-state index is 11.8. The van der Waals surface area contributed by atoms with E-state index < -0.39 is 0 Å². The summed E-state index contributed by atoms with van der Waals surface area (Å²) in [5, 5.41) is 10.2. The fourth-order valence-corrected chi connectivity index (χ4v) is 1.89. The number of carbonyl (C=O) groups is 1. The SMILES string of the molecule is O=C(CNc1nnc(CCl)o1)N1CCCCC1. The molecule has 1 aromatic heterocycles. The van der Waals surface area contributed by atoms with Crippen molar-refractivity contribution in [3.8, 4) is 0 Å². The molecule has 6 nitrogen and oxygen atoms in total. The van der Waals surface area contributed by atoms with E-state index in [1.54, 1.807) is 0 Å². The van der Waals surface area contributed by atoms with Crippen LogP contribution in [0.15, 0.2) is 4.42 Å². The first-order valence-electron chi connectivity index (χ1n) is 5.69.